The van der Waals surface area contributed by atoms with E-state index in [1.807, 2.05) is 36.4 Å². The second-order valence-corrected chi connectivity index (χ2v) is 6.58. The summed E-state index contributed by atoms with van der Waals surface area (Å²) >= 11 is 7.38. The van der Waals surface area contributed by atoms with Crippen molar-refractivity contribution >= 4 is 34.5 Å². The summed E-state index contributed by atoms with van der Waals surface area (Å²) in [6.45, 7) is 0.505. The average Bonchev–Trinajstić information content (AvgIpc) is 3.22. The molecule has 0 atom stereocenters. The minimum atomic E-state index is 0.117. The maximum absolute atomic E-state index is 11.6. The summed E-state index contributed by atoms with van der Waals surface area (Å²) in [5.74, 6) is 1.11. The van der Waals surface area contributed by atoms with E-state index in [1.54, 1.807) is 0 Å². The molecule has 1 saturated carbocycles. The molecular weight excluding hydrogens is 294 g/mol. The van der Waals surface area contributed by atoms with Crippen molar-refractivity contribution in [2.24, 2.45) is 5.92 Å². The zero-order valence-electron chi connectivity index (χ0n) is 10.8. The molecular formula is C15H14ClNO2S. The summed E-state index contributed by atoms with van der Waals surface area (Å²) in [7, 11) is 0. The van der Waals surface area contributed by atoms with Gasteiger partial charge < -0.3 is 10.1 Å². The van der Waals surface area contributed by atoms with Crippen molar-refractivity contribution in [3.63, 3.8) is 0 Å². The van der Waals surface area contributed by atoms with Gasteiger partial charge in [-0.2, -0.15) is 0 Å². The zero-order chi connectivity index (χ0) is 13.9. The first-order chi connectivity index (χ1) is 9.70. The summed E-state index contributed by atoms with van der Waals surface area (Å²) in [6.07, 6.45) is 2.02. The van der Waals surface area contributed by atoms with Gasteiger partial charge in [-0.15, -0.1) is 11.3 Å². The van der Waals surface area contributed by atoms with Crippen LogP contribution in [0.1, 0.15) is 17.7 Å². The van der Waals surface area contributed by atoms with Crippen LogP contribution in [0.3, 0.4) is 0 Å². The molecule has 1 N–H and O–H groups in total. The second kappa shape index (κ2) is 5.85. The van der Waals surface area contributed by atoms with E-state index in [2.05, 4.69) is 5.32 Å². The third-order valence-electron chi connectivity index (χ3n) is 3.08. The number of hydrogen-bond donors (Lipinski definition) is 1. The van der Waals surface area contributed by atoms with Crippen LogP contribution in [0.15, 0.2) is 36.4 Å². The number of carbonyl (C=O) groups is 1. The molecule has 0 bridgehead atoms. The summed E-state index contributed by atoms with van der Waals surface area (Å²) in [6, 6.07) is 11.3. The maximum atomic E-state index is 11.6. The number of anilines is 1. The van der Waals surface area contributed by atoms with Crippen molar-refractivity contribution in [2.75, 3.05) is 5.32 Å². The van der Waals surface area contributed by atoms with E-state index < -0.39 is 0 Å². The zero-order valence-corrected chi connectivity index (χ0v) is 12.3. The molecule has 0 radical (unpaired) electrons. The molecule has 0 spiro atoms. The smallest absolute Gasteiger partial charge is 0.227 e. The Bertz CT molecular complexity index is 605. The van der Waals surface area contributed by atoms with Crippen LogP contribution in [0, 0.1) is 5.92 Å². The van der Waals surface area contributed by atoms with E-state index in [1.165, 1.54) is 11.3 Å². The lowest BCUT2D eigenvalue weighted by atomic mass is 10.3. The van der Waals surface area contributed by atoms with Gasteiger partial charge in [-0.3, -0.25) is 4.79 Å². The predicted octanol–water partition coefficient (Wildman–Crippen LogP) is 4.33. The van der Waals surface area contributed by atoms with Gasteiger partial charge in [-0.05, 0) is 49.2 Å². The highest BCUT2D eigenvalue weighted by Gasteiger charge is 2.29. The Hall–Kier alpha value is -1.52. The first-order valence-electron chi connectivity index (χ1n) is 6.48. The Kier molecular flexibility index (Phi) is 3.94. The second-order valence-electron chi connectivity index (χ2n) is 4.78. The fraction of sp³-hybridized carbons (Fsp3) is 0.267. The SMILES string of the molecule is O=C(Nc1ccc(OCc2ccc(Cl)s2)cc1)C1CC1. The molecule has 3 nitrogen and oxygen atoms in total. The van der Waals surface area contributed by atoms with Crippen LogP contribution < -0.4 is 10.1 Å². The number of amides is 1. The Labute approximate surface area is 126 Å². The van der Waals surface area contributed by atoms with Crippen molar-refractivity contribution < 1.29 is 9.53 Å². The molecule has 0 saturated heterocycles. The first kappa shape index (κ1) is 13.5. The average molecular weight is 308 g/mol. The number of halogens is 1. The number of carbonyl (C=O) groups excluding carboxylic acids is 1. The lowest BCUT2D eigenvalue weighted by Crippen LogP contribution is -2.13. The summed E-state index contributed by atoms with van der Waals surface area (Å²) in [5.41, 5.74) is 0.813. The minimum absolute atomic E-state index is 0.117. The van der Waals surface area contributed by atoms with E-state index in [-0.39, 0.29) is 11.8 Å². The monoisotopic (exact) mass is 307 g/mol. The lowest BCUT2D eigenvalue weighted by Gasteiger charge is -2.07. The molecule has 1 aliphatic rings. The van der Waals surface area contributed by atoms with E-state index in [9.17, 15) is 4.79 Å². The summed E-state index contributed by atoms with van der Waals surface area (Å²) < 4.78 is 6.43. The van der Waals surface area contributed by atoms with Gasteiger partial charge in [-0.25, -0.2) is 0 Å². The van der Waals surface area contributed by atoms with E-state index >= 15 is 0 Å². The number of hydrogen-bond acceptors (Lipinski definition) is 3. The Balaban J connectivity index is 1.54. The normalized spacial score (nSPS) is 14.1. The van der Waals surface area contributed by atoms with Crippen molar-refractivity contribution in [1.82, 2.24) is 0 Å². The van der Waals surface area contributed by atoms with Crippen LogP contribution >= 0.6 is 22.9 Å². The number of benzene rings is 1. The lowest BCUT2D eigenvalue weighted by molar-refractivity contribution is -0.117. The van der Waals surface area contributed by atoms with Gasteiger partial charge in [0.05, 0.1) is 4.34 Å². The molecule has 1 aromatic heterocycles. The van der Waals surface area contributed by atoms with Crippen molar-refractivity contribution in [3.8, 4) is 5.75 Å². The van der Waals surface area contributed by atoms with Crippen LogP contribution in [0.2, 0.25) is 4.34 Å². The van der Waals surface area contributed by atoms with Gasteiger partial charge in [0.25, 0.3) is 0 Å². The standard InChI is InChI=1S/C15H14ClNO2S/c16-14-8-7-13(20-14)9-19-12-5-3-11(4-6-12)17-15(18)10-1-2-10/h3-8,10H,1-2,9H2,(H,17,18). The highest BCUT2D eigenvalue weighted by Crippen LogP contribution is 2.30. The highest BCUT2D eigenvalue weighted by atomic mass is 35.5. The molecule has 3 rings (SSSR count). The fourth-order valence-corrected chi connectivity index (χ4v) is 2.81. The molecule has 1 heterocycles. The van der Waals surface area contributed by atoms with Gasteiger partial charge in [0.15, 0.2) is 0 Å². The maximum Gasteiger partial charge on any atom is 0.227 e. The summed E-state index contributed by atoms with van der Waals surface area (Å²) in [4.78, 5) is 12.7. The Morgan fingerprint density at radius 3 is 2.60 bits per heavy atom. The van der Waals surface area contributed by atoms with Crippen LogP contribution in [-0.4, -0.2) is 5.91 Å². The topological polar surface area (TPSA) is 38.3 Å². The van der Waals surface area contributed by atoms with Crippen molar-refractivity contribution in [1.29, 1.82) is 0 Å². The third-order valence-corrected chi connectivity index (χ3v) is 4.28. The van der Waals surface area contributed by atoms with Gasteiger partial charge in [0, 0.05) is 16.5 Å². The van der Waals surface area contributed by atoms with E-state index in [0.717, 1.165) is 33.5 Å². The van der Waals surface area contributed by atoms with Crippen LogP contribution in [0.25, 0.3) is 0 Å². The van der Waals surface area contributed by atoms with Crippen LogP contribution in [-0.2, 0) is 11.4 Å². The van der Waals surface area contributed by atoms with Gasteiger partial charge in [-0.1, -0.05) is 11.6 Å². The van der Waals surface area contributed by atoms with Gasteiger partial charge in [0.2, 0.25) is 5.91 Å². The van der Waals surface area contributed by atoms with Crippen LogP contribution in [0.4, 0.5) is 5.69 Å². The number of rotatable bonds is 5. The molecule has 104 valence electrons. The number of thiophene rings is 1. The molecule has 1 aliphatic carbocycles. The molecule has 1 amide bonds. The van der Waals surface area contributed by atoms with E-state index in [4.69, 9.17) is 16.3 Å². The minimum Gasteiger partial charge on any atom is -0.488 e. The van der Waals surface area contributed by atoms with Crippen molar-refractivity contribution in [2.45, 2.75) is 19.4 Å². The third kappa shape index (κ3) is 3.52. The summed E-state index contributed by atoms with van der Waals surface area (Å²) in [5, 5.41) is 2.90. The molecule has 0 unspecified atom stereocenters. The molecule has 1 fully saturated rings. The van der Waals surface area contributed by atoms with Gasteiger partial charge in [0.1, 0.15) is 12.4 Å². The molecule has 0 aliphatic heterocycles. The largest absolute Gasteiger partial charge is 0.488 e. The van der Waals surface area contributed by atoms with Gasteiger partial charge >= 0.3 is 0 Å². The molecule has 1 aromatic carbocycles. The fourth-order valence-electron chi connectivity index (χ4n) is 1.81. The molecule has 5 heteroatoms. The van der Waals surface area contributed by atoms with E-state index in [0.29, 0.717) is 6.61 Å². The predicted molar refractivity (Wildman–Crippen MR) is 81.5 cm³/mol. The number of ether oxygens (including phenoxy) is 1. The Morgan fingerprint density at radius 2 is 2.00 bits per heavy atom. The first-order valence-corrected chi connectivity index (χ1v) is 7.68. The molecule has 20 heavy (non-hydrogen) atoms. The van der Waals surface area contributed by atoms with Crippen molar-refractivity contribution in [3.05, 3.63) is 45.6 Å². The Morgan fingerprint density at radius 1 is 1.25 bits per heavy atom. The highest BCUT2D eigenvalue weighted by molar-refractivity contribution is 7.16. The van der Waals surface area contributed by atoms with Crippen LogP contribution in [0.5, 0.6) is 5.75 Å². The molecule has 2 aromatic rings. The quantitative estimate of drug-likeness (QED) is 0.893. The number of nitrogens with one attached hydrogen (secondary N) is 1.